The molecule has 3 heteroatoms. The molecule has 0 rings (SSSR count). The Morgan fingerprint density at radius 3 is 2.67 bits per heavy atom. The van der Waals surface area contributed by atoms with E-state index < -0.39 is 18.2 Å². The molecule has 1 N–H and O–H groups in total. The van der Waals surface area contributed by atoms with Gasteiger partial charge in [-0.2, -0.15) is 0 Å². The lowest BCUT2D eigenvalue weighted by molar-refractivity contribution is -0.136. The molecule has 0 aliphatic carbocycles. The summed E-state index contributed by atoms with van der Waals surface area (Å²) in [5.41, 5.74) is 0. The molecule has 0 saturated heterocycles. The van der Waals surface area contributed by atoms with E-state index in [2.05, 4.69) is 0 Å². The molecule has 0 atom stereocenters. The van der Waals surface area contributed by atoms with Crippen molar-refractivity contribution in [2.24, 2.45) is 0 Å². The summed E-state index contributed by atoms with van der Waals surface area (Å²) in [7, 11) is 0. The Bertz CT molecular complexity index is 151. The van der Waals surface area contributed by atoms with Crippen molar-refractivity contribution in [2.75, 3.05) is 5.83 Å². The van der Waals surface area contributed by atoms with E-state index in [1.165, 1.54) is 0 Å². The molecule has 0 saturated carbocycles. The van der Waals surface area contributed by atoms with Crippen molar-refractivity contribution >= 4 is 17.6 Å². The van der Waals surface area contributed by atoms with E-state index in [0.717, 1.165) is 0 Å². The molecule has 0 unspecified atom stereocenters. The number of hydrogen-bond acceptors (Lipinski definition) is 1. The molecule has 0 aromatic heterocycles. The first-order valence-corrected chi connectivity index (χ1v) is 1.49. The monoisotopic (exact) mass is 112 g/mol. The maximum Gasteiger partial charge on any atom is 0.304 e. The Balaban J connectivity index is 4.57. The molecular weight excluding hydrogens is 103 g/mol. The van der Waals surface area contributed by atoms with Crippen molar-refractivity contribution in [3.63, 3.8) is 0 Å². The van der Waals surface area contributed by atoms with Crippen LogP contribution < -0.4 is 0 Å². The number of halogens is 1. The molecule has 36 valence electrons. The number of carbonyl (C=O) groups is 1. The molecular formula is C3H5ClO2. The van der Waals surface area contributed by atoms with Crippen LogP contribution in [0.1, 0.15) is 11.9 Å². The van der Waals surface area contributed by atoms with Crippen molar-refractivity contribution in [2.45, 2.75) is 6.37 Å². The molecule has 0 aliphatic rings. The van der Waals surface area contributed by atoms with Crippen molar-refractivity contribution in [3.8, 4) is 0 Å². The summed E-state index contributed by atoms with van der Waals surface area (Å²) in [6.07, 6.45) is -3.05. The van der Waals surface area contributed by atoms with Crippen LogP contribution >= 0.6 is 11.6 Å². The maximum atomic E-state index is 9.97. The van der Waals surface area contributed by atoms with E-state index in [9.17, 15) is 4.79 Å². The molecule has 6 heavy (non-hydrogen) atoms. The summed E-state index contributed by atoms with van der Waals surface area (Å²) < 4.78 is 26.3. The van der Waals surface area contributed by atoms with E-state index in [-0.39, 0.29) is 0 Å². The van der Waals surface area contributed by atoms with Crippen LogP contribution in [-0.2, 0) is 4.79 Å². The largest absolute Gasteiger partial charge is 0.481 e. The van der Waals surface area contributed by atoms with Crippen LogP contribution in [0.15, 0.2) is 0 Å². The van der Waals surface area contributed by atoms with Gasteiger partial charge in [-0.25, -0.2) is 0 Å². The smallest absolute Gasteiger partial charge is 0.304 e. The summed E-state index contributed by atoms with van der Waals surface area (Å²) >= 11 is 4.80. The van der Waals surface area contributed by atoms with E-state index >= 15 is 0 Å². The third-order valence-electron chi connectivity index (χ3n) is 0.154. The van der Waals surface area contributed by atoms with Crippen molar-refractivity contribution < 1.29 is 15.4 Å². The van der Waals surface area contributed by atoms with Crippen LogP contribution in [0.4, 0.5) is 0 Å². The van der Waals surface area contributed by atoms with Gasteiger partial charge in [-0.05, 0) is 0 Å². The summed E-state index contributed by atoms with van der Waals surface area (Å²) in [6, 6.07) is 0. The second kappa shape index (κ2) is 2.97. The highest BCUT2D eigenvalue weighted by molar-refractivity contribution is 6.18. The molecule has 0 heterocycles. The average Bonchev–Trinajstić information content (AvgIpc) is 1.62. The number of carboxylic acid groups (broad SMARTS) is 1. The Hall–Kier alpha value is -0.240. The fourth-order valence-corrected chi connectivity index (χ4v) is 0.121. The average molecular weight is 113 g/mol. The van der Waals surface area contributed by atoms with Crippen molar-refractivity contribution in [1.82, 2.24) is 0 Å². The lowest BCUT2D eigenvalue weighted by Crippen LogP contribution is -1.93. The molecule has 0 fully saturated rings. The Labute approximate surface area is 46.3 Å². The zero-order chi connectivity index (χ0) is 8.58. The molecule has 0 aliphatic heterocycles. The molecule has 0 aromatic carbocycles. The van der Waals surface area contributed by atoms with Crippen LogP contribution in [0.3, 0.4) is 0 Å². The van der Waals surface area contributed by atoms with Gasteiger partial charge in [0, 0.05) is 11.3 Å². The van der Waals surface area contributed by atoms with Gasteiger partial charge < -0.3 is 5.11 Å². The third kappa shape index (κ3) is 3.76. The number of aliphatic carboxylic acids is 1. The molecule has 0 amide bonds. The van der Waals surface area contributed by atoms with E-state index in [4.69, 9.17) is 22.2 Å². The molecule has 0 aromatic rings. The van der Waals surface area contributed by atoms with E-state index in [1.54, 1.807) is 0 Å². The van der Waals surface area contributed by atoms with Gasteiger partial charge in [0.05, 0.1) is 6.37 Å². The van der Waals surface area contributed by atoms with Gasteiger partial charge in [0.25, 0.3) is 0 Å². The van der Waals surface area contributed by atoms with Crippen molar-refractivity contribution in [1.29, 1.82) is 0 Å². The number of hydrogen-bond donors (Lipinski definition) is 1. The SMILES string of the molecule is [2H]C([2H])(Cl)C([2H])([2H])C(=O)O. The van der Waals surface area contributed by atoms with E-state index in [0.29, 0.717) is 0 Å². The Kier molecular flexibility index (Phi) is 0.842. The quantitative estimate of drug-likeness (QED) is 0.534. The predicted molar refractivity (Wildman–Crippen MR) is 23.0 cm³/mol. The Morgan fingerprint density at radius 1 is 2.17 bits per heavy atom. The van der Waals surface area contributed by atoms with Gasteiger partial charge in [-0.3, -0.25) is 4.79 Å². The summed E-state index contributed by atoms with van der Waals surface area (Å²) in [6.45, 7) is 0. The minimum Gasteiger partial charge on any atom is -0.481 e. The van der Waals surface area contributed by atoms with Gasteiger partial charge >= 0.3 is 5.97 Å². The number of carboxylic acids is 1. The predicted octanol–water partition coefficient (Wildman–Crippen LogP) is 0.700. The molecule has 0 radical (unpaired) electrons. The van der Waals surface area contributed by atoms with Crippen molar-refractivity contribution in [3.05, 3.63) is 0 Å². The lowest BCUT2D eigenvalue weighted by atomic mass is 10.5. The second-order valence-corrected chi connectivity index (χ2v) is 0.714. The van der Waals surface area contributed by atoms with E-state index in [1.807, 2.05) is 0 Å². The summed E-state index contributed by atoms with van der Waals surface area (Å²) in [4.78, 5) is 9.97. The third-order valence-corrected chi connectivity index (χ3v) is 0.249. The molecule has 2 nitrogen and oxygen atoms in total. The van der Waals surface area contributed by atoms with Gasteiger partial charge in [0.2, 0.25) is 0 Å². The first-order chi connectivity index (χ1) is 4.19. The molecule has 0 spiro atoms. The van der Waals surface area contributed by atoms with Crippen LogP contribution in [-0.4, -0.2) is 16.9 Å². The minimum absolute atomic E-state index is 1.91. The van der Waals surface area contributed by atoms with Gasteiger partial charge in [0.15, 0.2) is 0 Å². The zero-order valence-electron chi connectivity index (χ0n) is 6.73. The first kappa shape index (κ1) is 1.70. The van der Waals surface area contributed by atoms with Crippen LogP contribution in [0.2, 0.25) is 0 Å². The number of rotatable bonds is 2. The molecule has 0 bridgehead atoms. The standard InChI is InChI=1S/C3H5ClO2/c4-2-1-3(5)6/h1-2H2,(H,5,6)/i1D2,2D2. The highest BCUT2D eigenvalue weighted by Gasteiger charge is 1.89. The highest BCUT2D eigenvalue weighted by atomic mass is 35.5. The Morgan fingerprint density at radius 2 is 2.67 bits per heavy atom. The van der Waals surface area contributed by atoms with Gasteiger partial charge in [-0.15, -0.1) is 11.6 Å². The first-order valence-electron chi connectivity index (χ1n) is 3.12. The topological polar surface area (TPSA) is 37.3 Å². The summed E-state index contributed by atoms with van der Waals surface area (Å²) in [5.74, 6) is -4.79. The highest BCUT2D eigenvalue weighted by Crippen LogP contribution is 1.80. The normalized spacial score (nSPS) is 22.8. The van der Waals surface area contributed by atoms with Crippen LogP contribution in [0.25, 0.3) is 0 Å². The van der Waals surface area contributed by atoms with Gasteiger partial charge in [0.1, 0.15) is 0 Å². The fourth-order valence-electron chi connectivity index (χ4n) is 0.0404. The lowest BCUT2D eigenvalue weighted by Gasteiger charge is -1.78. The summed E-state index contributed by atoms with van der Waals surface area (Å²) in [5, 5.41) is 8.08. The number of alkyl halides is 1. The zero-order valence-corrected chi connectivity index (χ0v) is 3.49. The second-order valence-electron chi connectivity index (χ2n) is 0.525. The van der Waals surface area contributed by atoms with Gasteiger partial charge in [-0.1, -0.05) is 0 Å². The maximum absolute atomic E-state index is 9.97. The van der Waals surface area contributed by atoms with Crippen LogP contribution in [0.5, 0.6) is 0 Å². The minimum atomic E-state index is -3.05. The van der Waals surface area contributed by atoms with Crippen LogP contribution in [0, 0.1) is 0 Å². The fraction of sp³-hybridized carbons (Fsp3) is 0.667.